The molecule has 0 atom stereocenters. The fraction of sp³-hybridized carbons (Fsp3) is 0.500. The number of hydrogen-bond donors (Lipinski definition) is 3. The summed E-state index contributed by atoms with van der Waals surface area (Å²) in [4.78, 5) is 50.1. The Bertz CT molecular complexity index is 678. The minimum atomic E-state index is -0.671. The third-order valence-electron chi connectivity index (χ3n) is 2.95. The third-order valence-corrected chi connectivity index (χ3v) is 2.95. The number of aromatic amines is 1. The van der Waals surface area contributed by atoms with Crippen molar-refractivity contribution in [1.29, 1.82) is 0 Å². The van der Waals surface area contributed by atoms with Crippen molar-refractivity contribution in [2.45, 2.75) is 26.4 Å². The monoisotopic (exact) mass is 352 g/mol. The Morgan fingerprint density at radius 2 is 1.88 bits per heavy atom. The number of alkyl carbamates (subject to hydrolysis) is 1. The highest BCUT2D eigenvalue weighted by Gasteiger charge is 2.17. The van der Waals surface area contributed by atoms with E-state index in [9.17, 15) is 19.2 Å². The summed E-state index contributed by atoms with van der Waals surface area (Å²) in [6, 6.07) is 4.27. The van der Waals surface area contributed by atoms with Gasteiger partial charge in [-0.15, -0.1) is 0 Å². The lowest BCUT2D eigenvalue weighted by Gasteiger charge is -2.21. The van der Waals surface area contributed by atoms with Crippen LogP contribution in [0.2, 0.25) is 0 Å². The second kappa shape index (κ2) is 8.86. The number of amides is 3. The van der Waals surface area contributed by atoms with E-state index < -0.39 is 17.6 Å². The number of pyridine rings is 1. The minimum absolute atomic E-state index is 0.146. The van der Waals surface area contributed by atoms with Crippen LogP contribution in [0.1, 0.15) is 31.3 Å². The fourth-order valence-corrected chi connectivity index (χ4v) is 1.73. The summed E-state index contributed by atoms with van der Waals surface area (Å²) in [6.07, 6.45) is -0.671. The van der Waals surface area contributed by atoms with Crippen molar-refractivity contribution in [3.63, 3.8) is 0 Å². The molecule has 0 unspecified atom stereocenters. The van der Waals surface area contributed by atoms with Gasteiger partial charge in [-0.1, -0.05) is 6.07 Å². The van der Waals surface area contributed by atoms with E-state index in [0.717, 1.165) is 0 Å². The number of H-pyrrole nitrogens is 1. The molecular weight excluding hydrogens is 328 g/mol. The largest absolute Gasteiger partial charge is 0.444 e. The van der Waals surface area contributed by atoms with Gasteiger partial charge in [-0.2, -0.15) is 0 Å². The maximum atomic E-state index is 11.9. The van der Waals surface area contributed by atoms with E-state index in [2.05, 4.69) is 15.6 Å². The first-order chi connectivity index (χ1) is 11.6. The fourth-order valence-electron chi connectivity index (χ4n) is 1.73. The Hall–Kier alpha value is -2.84. The van der Waals surface area contributed by atoms with Crippen LogP contribution in [0.4, 0.5) is 4.79 Å². The molecule has 0 aromatic carbocycles. The maximum Gasteiger partial charge on any atom is 0.408 e. The van der Waals surface area contributed by atoms with Crippen molar-refractivity contribution in [3.8, 4) is 0 Å². The van der Waals surface area contributed by atoms with Gasteiger partial charge >= 0.3 is 6.09 Å². The van der Waals surface area contributed by atoms with Gasteiger partial charge < -0.3 is 25.3 Å². The highest BCUT2D eigenvalue weighted by atomic mass is 16.6. The normalized spacial score (nSPS) is 10.7. The van der Waals surface area contributed by atoms with Gasteiger partial charge in [0.1, 0.15) is 17.8 Å². The summed E-state index contributed by atoms with van der Waals surface area (Å²) in [5.74, 6) is -0.765. The molecule has 9 nitrogen and oxygen atoms in total. The molecule has 1 aromatic heterocycles. The number of nitrogens with zero attached hydrogens (tertiary/aromatic N) is 1. The number of carbonyl (C=O) groups is 3. The molecule has 138 valence electrons. The first-order valence-electron chi connectivity index (χ1n) is 7.77. The van der Waals surface area contributed by atoms with E-state index in [1.165, 1.54) is 23.1 Å². The lowest BCUT2D eigenvalue weighted by Crippen LogP contribution is -2.43. The first-order valence-corrected chi connectivity index (χ1v) is 7.77. The predicted molar refractivity (Wildman–Crippen MR) is 91.3 cm³/mol. The van der Waals surface area contributed by atoms with Crippen molar-refractivity contribution < 1.29 is 19.1 Å². The number of carbonyl (C=O) groups excluding carboxylic acids is 3. The minimum Gasteiger partial charge on any atom is -0.444 e. The lowest BCUT2D eigenvalue weighted by atomic mass is 10.2. The molecule has 0 spiro atoms. The van der Waals surface area contributed by atoms with Gasteiger partial charge in [0.15, 0.2) is 0 Å². The molecule has 1 aromatic rings. The molecule has 1 rings (SSSR count). The Kier molecular flexibility index (Phi) is 7.16. The van der Waals surface area contributed by atoms with Gasteiger partial charge in [0, 0.05) is 26.2 Å². The zero-order valence-corrected chi connectivity index (χ0v) is 14.8. The molecule has 9 heteroatoms. The van der Waals surface area contributed by atoms with Crippen LogP contribution in [0.3, 0.4) is 0 Å². The molecule has 0 fully saturated rings. The van der Waals surface area contributed by atoms with Crippen LogP contribution in [0.5, 0.6) is 0 Å². The van der Waals surface area contributed by atoms with Crippen molar-refractivity contribution >= 4 is 17.9 Å². The SMILES string of the molecule is CN(CCNC(=O)c1cccc(=O)[nH]1)C(=O)CNC(=O)OC(C)(C)C. The molecule has 3 N–H and O–H groups in total. The molecule has 1 heterocycles. The van der Waals surface area contributed by atoms with E-state index in [-0.39, 0.29) is 36.8 Å². The maximum absolute atomic E-state index is 11.9. The van der Waals surface area contributed by atoms with Crippen LogP contribution in [0.15, 0.2) is 23.0 Å². The van der Waals surface area contributed by atoms with E-state index in [1.54, 1.807) is 27.8 Å². The molecule has 0 aliphatic carbocycles. The molecule has 25 heavy (non-hydrogen) atoms. The van der Waals surface area contributed by atoms with Crippen LogP contribution in [-0.4, -0.2) is 60.1 Å². The van der Waals surface area contributed by atoms with Gasteiger partial charge in [0.05, 0.1) is 0 Å². The van der Waals surface area contributed by atoms with Crippen LogP contribution < -0.4 is 16.2 Å². The number of nitrogens with one attached hydrogen (secondary N) is 3. The molecule has 0 bridgehead atoms. The van der Waals surface area contributed by atoms with Crippen LogP contribution in [-0.2, 0) is 9.53 Å². The van der Waals surface area contributed by atoms with Gasteiger partial charge in [-0.25, -0.2) is 4.79 Å². The van der Waals surface area contributed by atoms with Crippen molar-refractivity contribution in [3.05, 3.63) is 34.2 Å². The average Bonchev–Trinajstić information content (AvgIpc) is 2.50. The quantitative estimate of drug-likeness (QED) is 0.670. The number of aromatic nitrogens is 1. The first kappa shape index (κ1) is 20.2. The van der Waals surface area contributed by atoms with Crippen molar-refractivity contribution in [2.75, 3.05) is 26.7 Å². The third kappa shape index (κ3) is 8.00. The molecule has 0 aliphatic rings. The zero-order chi connectivity index (χ0) is 19.0. The Morgan fingerprint density at radius 1 is 1.20 bits per heavy atom. The topological polar surface area (TPSA) is 121 Å². The van der Waals surface area contributed by atoms with E-state index in [0.29, 0.717) is 0 Å². The summed E-state index contributed by atoms with van der Waals surface area (Å²) < 4.78 is 5.03. The highest BCUT2D eigenvalue weighted by molar-refractivity contribution is 5.92. The van der Waals surface area contributed by atoms with Gasteiger partial charge in [0.25, 0.3) is 5.91 Å². The van der Waals surface area contributed by atoms with Crippen molar-refractivity contribution in [1.82, 2.24) is 20.5 Å². The summed E-state index contributed by atoms with van der Waals surface area (Å²) >= 11 is 0. The van der Waals surface area contributed by atoms with Gasteiger partial charge in [0.2, 0.25) is 11.5 Å². The van der Waals surface area contributed by atoms with Crippen LogP contribution in [0, 0.1) is 0 Å². The Balaban J connectivity index is 2.32. The second-order valence-corrected chi connectivity index (χ2v) is 6.36. The molecule has 0 radical (unpaired) electrons. The smallest absolute Gasteiger partial charge is 0.408 e. The zero-order valence-electron chi connectivity index (χ0n) is 14.8. The second-order valence-electron chi connectivity index (χ2n) is 6.36. The van der Waals surface area contributed by atoms with Crippen molar-refractivity contribution in [2.24, 2.45) is 0 Å². The summed E-state index contributed by atoms with van der Waals surface area (Å²) in [7, 11) is 1.55. The number of hydrogen-bond acceptors (Lipinski definition) is 5. The average molecular weight is 352 g/mol. The number of likely N-dealkylation sites (N-methyl/N-ethyl adjacent to an activating group) is 1. The van der Waals surface area contributed by atoms with Crippen LogP contribution >= 0.6 is 0 Å². The predicted octanol–water partition coefficient (Wildman–Crippen LogP) is 0.0878. The summed E-state index contributed by atoms with van der Waals surface area (Å²) in [5, 5.41) is 4.96. The Labute approximate surface area is 145 Å². The number of ether oxygens (including phenoxy) is 1. The van der Waals surface area contributed by atoms with Gasteiger partial charge in [-0.05, 0) is 26.8 Å². The summed E-state index contributed by atoms with van der Waals surface area (Å²) in [5.41, 5.74) is -0.858. The molecule has 0 saturated heterocycles. The van der Waals surface area contributed by atoms with E-state index >= 15 is 0 Å². The van der Waals surface area contributed by atoms with E-state index in [1.807, 2.05) is 0 Å². The summed E-state index contributed by atoms with van der Waals surface area (Å²) in [6.45, 7) is 5.42. The van der Waals surface area contributed by atoms with Gasteiger partial charge in [-0.3, -0.25) is 14.4 Å². The molecule has 0 aliphatic heterocycles. The molecule has 0 saturated carbocycles. The van der Waals surface area contributed by atoms with Crippen LogP contribution in [0.25, 0.3) is 0 Å². The number of rotatable bonds is 6. The molecule has 3 amide bonds. The van der Waals surface area contributed by atoms with E-state index in [4.69, 9.17) is 4.74 Å². The molecular formula is C16H24N4O5. The standard InChI is InChI=1S/C16H24N4O5/c1-16(2,3)25-15(24)18-10-13(22)20(4)9-8-17-14(23)11-6-5-7-12(21)19-11/h5-7H,8-10H2,1-4H3,(H,17,23)(H,18,24)(H,19,21). The lowest BCUT2D eigenvalue weighted by molar-refractivity contribution is -0.128. The highest BCUT2D eigenvalue weighted by Crippen LogP contribution is 2.06. The Morgan fingerprint density at radius 3 is 2.48 bits per heavy atom.